The standard InChI is InChI=1S/C18H20BrNO/c1-11-5-4-6-14(12(11)2)18-10-16(20-3)15-9-13(19)7-8-17(15)21-18/h4-9,16,18,20H,10H2,1-3H3. The summed E-state index contributed by atoms with van der Waals surface area (Å²) in [4.78, 5) is 0. The van der Waals surface area contributed by atoms with Crippen molar-refractivity contribution in [2.24, 2.45) is 0 Å². The fourth-order valence-corrected chi connectivity index (χ4v) is 3.41. The van der Waals surface area contributed by atoms with Crippen molar-refractivity contribution in [2.45, 2.75) is 32.4 Å². The molecule has 2 unspecified atom stereocenters. The molecule has 21 heavy (non-hydrogen) atoms. The quantitative estimate of drug-likeness (QED) is 0.839. The van der Waals surface area contributed by atoms with Crippen molar-refractivity contribution in [2.75, 3.05) is 7.05 Å². The number of benzene rings is 2. The third-order valence-corrected chi connectivity index (χ3v) is 4.90. The summed E-state index contributed by atoms with van der Waals surface area (Å²) in [5.41, 5.74) is 5.17. The summed E-state index contributed by atoms with van der Waals surface area (Å²) < 4.78 is 7.37. The van der Waals surface area contributed by atoms with Gasteiger partial charge in [0, 0.05) is 22.5 Å². The highest BCUT2D eigenvalue weighted by Gasteiger charge is 2.29. The number of halogens is 1. The molecule has 1 aliphatic rings. The second kappa shape index (κ2) is 5.82. The molecule has 0 bridgehead atoms. The van der Waals surface area contributed by atoms with Crippen LogP contribution in [0.3, 0.4) is 0 Å². The number of aryl methyl sites for hydroxylation is 1. The molecule has 0 aliphatic carbocycles. The van der Waals surface area contributed by atoms with Gasteiger partial charge in [-0.2, -0.15) is 0 Å². The molecular formula is C18H20BrNO. The lowest BCUT2D eigenvalue weighted by molar-refractivity contribution is 0.153. The van der Waals surface area contributed by atoms with Crippen LogP contribution in [0.15, 0.2) is 40.9 Å². The molecule has 0 radical (unpaired) electrons. The predicted octanol–water partition coefficient (Wildman–Crippen LogP) is 4.85. The van der Waals surface area contributed by atoms with Crippen LogP contribution in [-0.2, 0) is 0 Å². The van der Waals surface area contributed by atoms with Gasteiger partial charge in [0.1, 0.15) is 11.9 Å². The third-order valence-electron chi connectivity index (χ3n) is 4.41. The SMILES string of the molecule is CNC1CC(c2cccc(C)c2C)Oc2ccc(Br)cc21. The zero-order valence-electron chi connectivity index (χ0n) is 12.6. The molecule has 2 atom stereocenters. The van der Waals surface area contributed by atoms with Crippen molar-refractivity contribution < 1.29 is 4.74 Å². The van der Waals surface area contributed by atoms with Gasteiger partial charge >= 0.3 is 0 Å². The first-order chi connectivity index (χ1) is 10.1. The molecule has 2 aromatic rings. The van der Waals surface area contributed by atoms with Gasteiger partial charge in [-0.15, -0.1) is 0 Å². The van der Waals surface area contributed by atoms with Gasteiger partial charge in [-0.1, -0.05) is 34.1 Å². The highest BCUT2D eigenvalue weighted by molar-refractivity contribution is 9.10. The van der Waals surface area contributed by atoms with E-state index >= 15 is 0 Å². The van der Waals surface area contributed by atoms with E-state index in [0.29, 0.717) is 6.04 Å². The molecule has 110 valence electrons. The summed E-state index contributed by atoms with van der Waals surface area (Å²) in [6, 6.07) is 13.0. The molecule has 1 heterocycles. The maximum Gasteiger partial charge on any atom is 0.126 e. The van der Waals surface area contributed by atoms with Gasteiger partial charge in [0.25, 0.3) is 0 Å². The lowest BCUT2D eigenvalue weighted by Crippen LogP contribution is -2.27. The van der Waals surface area contributed by atoms with Gasteiger partial charge in [-0.05, 0) is 55.8 Å². The number of fused-ring (bicyclic) bond motifs is 1. The molecule has 3 rings (SSSR count). The van der Waals surface area contributed by atoms with Gasteiger partial charge in [-0.25, -0.2) is 0 Å². The van der Waals surface area contributed by atoms with Crippen LogP contribution in [0.2, 0.25) is 0 Å². The Labute approximate surface area is 134 Å². The average Bonchev–Trinajstić information content (AvgIpc) is 2.49. The first kappa shape index (κ1) is 14.6. The van der Waals surface area contributed by atoms with E-state index in [2.05, 4.69) is 65.4 Å². The minimum atomic E-state index is 0.107. The van der Waals surface area contributed by atoms with Crippen LogP contribution >= 0.6 is 15.9 Å². The molecule has 0 fully saturated rings. The molecule has 2 aromatic carbocycles. The Morgan fingerprint density at radius 3 is 2.71 bits per heavy atom. The molecule has 2 nitrogen and oxygen atoms in total. The van der Waals surface area contributed by atoms with Gasteiger partial charge in [-0.3, -0.25) is 0 Å². The number of ether oxygens (including phenoxy) is 1. The van der Waals surface area contributed by atoms with Crippen LogP contribution in [0.25, 0.3) is 0 Å². The van der Waals surface area contributed by atoms with Crippen molar-refractivity contribution in [3.8, 4) is 5.75 Å². The zero-order chi connectivity index (χ0) is 15.0. The topological polar surface area (TPSA) is 21.3 Å². The molecule has 0 aromatic heterocycles. The van der Waals surface area contributed by atoms with Crippen molar-refractivity contribution >= 4 is 15.9 Å². The van der Waals surface area contributed by atoms with Gasteiger partial charge in [0.15, 0.2) is 0 Å². The van der Waals surface area contributed by atoms with E-state index in [1.165, 1.54) is 22.3 Å². The normalized spacial score (nSPS) is 20.8. The smallest absolute Gasteiger partial charge is 0.126 e. The number of hydrogen-bond acceptors (Lipinski definition) is 2. The zero-order valence-corrected chi connectivity index (χ0v) is 14.2. The van der Waals surface area contributed by atoms with Crippen molar-refractivity contribution in [1.82, 2.24) is 5.32 Å². The minimum absolute atomic E-state index is 0.107. The number of rotatable bonds is 2. The number of hydrogen-bond donors (Lipinski definition) is 1. The highest BCUT2D eigenvalue weighted by atomic mass is 79.9. The van der Waals surface area contributed by atoms with Crippen LogP contribution < -0.4 is 10.1 Å². The highest BCUT2D eigenvalue weighted by Crippen LogP contribution is 2.42. The van der Waals surface area contributed by atoms with E-state index in [4.69, 9.17) is 4.74 Å². The fraction of sp³-hybridized carbons (Fsp3) is 0.333. The Hall–Kier alpha value is -1.32. The molecular weight excluding hydrogens is 326 g/mol. The molecule has 1 aliphatic heterocycles. The number of nitrogens with one attached hydrogen (secondary N) is 1. The fourth-order valence-electron chi connectivity index (χ4n) is 3.03. The molecule has 0 saturated carbocycles. The molecule has 0 saturated heterocycles. The minimum Gasteiger partial charge on any atom is -0.485 e. The van der Waals surface area contributed by atoms with Crippen LogP contribution in [0, 0.1) is 13.8 Å². The Morgan fingerprint density at radius 1 is 1.14 bits per heavy atom. The summed E-state index contributed by atoms with van der Waals surface area (Å²) >= 11 is 3.54. The Bertz CT molecular complexity index is 668. The van der Waals surface area contributed by atoms with Crippen molar-refractivity contribution in [1.29, 1.82) is 0 Å². The Balaban J connectivity index is 2.01. The van der Waals surface area contributed by atoms with E-state index in [1.807, 2.05) is 13.1 Å². The molecule has 0 spiro atoms. The molecule has 1 N–H and O–H groups in total. The monoisotopic (exact) mass is 345 g/mol. The van der Waals surface area contributed by atoms with Crippen LogP contribution in [0.5, 0.6) is 5.75 Å². The van der Waals surface area contributed by atoms with Gasteiger partial charge in [0.05, 0.1) is 0 Å². The second-order valence-corrected chi connectivity index (χ2v) is 6.57. The Morgan fingerprint density at radius 2 is 1.95 bits per heavy atom. The van der Waals surface area contributed by atoms with E-state index in [0.717, 1.165) is 16.6 Å². The summed E-state index contributed by atoms with van der Waals surface area (Å²) in [6.07, 6.45) is 1.06. The molecule has 0 amide bonds. The average molecular weight is 346 g/mol. The lowest BCUT2D eigenvalue weighted by atomic mass is 9.90. The van der Waals surface area contributed by atoms with Crippen molar-refractivity contribution in [3.05, 3.63) is 63.1 Å². The van der Waals surface area contributed by atoms with Crippen LogP contribution in [0.4, 0.5) is 0 Å². The van der Waals surface area contributed by atoms with Crippen LogP contribution in [0.1, 0.15) is 40.8 Å². The third kappa shape index (κ3) is 2.72. The maximum atomic E-state index is 6.28. The predicted molar refractivity (Wildman–Crippen MR) is 89.8 cm³/mol. The Kier molecular flexibility index (Phi) is 4.05. The summed E-state index contributed by atoms with van der Waals surface area (Å²) in [5, 5.41) is 3.42. The molecule has 3 heteroatoms. The van der Waals surface area contributed by atoms with E-state index in [-0.39, 0.29) is 6.10 Å². The largest absolute Gasteiger partial charge is 0.485 e. The summed E-state index contributed by atoms with van der Waals surface area (Å²) in [5.74, 6) is 0.981. The summed E-state index contributed by atoms with van der Waals surface area (Å²) in [7, 11) is 2.01. The first-order valence-electron chi connectivity index (χ1n) is 7.29. The van der Waals surface area contributed by atoms with Gasteiger partial charge in [0.2, 0.25) is 0 Å². The van der Waals surface area contributed by atoms with Crippen LogP contribution in [-0.4, -0.2) is 7.05 Å². The maximum absolute atomic E-state index is 6.28. The van der Waals surface area contributed by atoms with Gasteiger partial charge < -0.3 is 10.1 Å². The van der Waals surface area contributed by atoms with E-state index in [1.54, 1.807) is 0 Å². The second-order valence-electron chi connectivity index (χ2n) is 5.65. The van der Waals surface area contributed by atoms with E-state index in [9.17, 15) is 0 Å². The lowest BCUT2D eigenvalue weighted by Gasteiger charge is -2.33. The summed E-state index contributed by atoms with van der Waals surface area (Å²) in [6.45, 7) is 4.34. The van der Waals surface area contributed by atoms with E-state index < -0.39 is 0 Å². The van der Waals surface area contributed by atoms with Crippen molar-refractivity contribution in [3.63, 3.8) is 0 Å². The first-order valence-corrected chi connectivity index (χ1v) is 8.09.